The molecule has 0 radical (unpaired) electrons. The molecule has 54 valence electrons. The second-order valence-electron chi connectivity index (χ2n) is 2.11. The van der Waals surface area contributed by atoms with Gasteiger partial charge in [0, 0.05) is 5.88 Å². The average molecular weight is 147 g/mol. The summed E-state index contributed by atoms with van der Waals surface area (Å²) < 4.78 is 0. The zero-order valence-electron chi connectivity index (χ0n) is 6.07. The Bertz CT molecular complexity index is 67.0. The Kier molecular flexibility index (Phi) is 8.06. The average Bonchev–Trinajstić information content (AvgIpc) is 1.89. The first kappa shape index (κ1) is 9.03. The SMILES string of the molecule is CC=CCCCCCCl. The van der Waals surface area contributed by atoms with E-state index in [0.29, 0.717) is 0 Å². The highest BCUT2D eigenvalue weighted by Crippen LogP contribution is 2.01. The Hall–Kier alpha value is 0.0300. The van der Waals surface area contributed by atoms with Gasteiger partial charge in [-0.05, 0) is 26.2 Å². The summed E-state index contributed by atoms with van der Waals surface area (Å²) in [6.45, 7) is 2.06. The van der Waals surface area contributed by atoms with Crippen LogP contribution in [0.25, 0.3) is 0 Å². The van der Waals surface area contributed by atoms with Crippen LogP contribution in [0.3, 0.4) is 0 Å². The Labute approximate surface area is 62.9 Å². The summed E-state index contributed by atoms with van der Waals surface area (Å²) in [4.78, 5) is 0. The minimum absolute atomic E-state index is 0.815. The van der Waals surface area contributed by atoms with E-state index >= 15 is 0 Å². The summed E-state index contributed by atoms with van der Waals surface area (Å²) in [6.07, 6.45) is 9.24. The molecule has 0 N–H and O–H groups in total. The van der Waals surface area contributed by atoms with Crippen LogP contribution in [0.1, 0.15) is 32.6 Å². The molecule has 0 aromatic heterocycles. The van der Waals surface area contributed by atoms with Gasteiger partial charge in [-0.2, -0.15) is 0 Å². The lowest BCUT2D eigenvalue weighted by Gasteiger charge is -1.91. The molecule has 0 fully saturated rings. The van der Waals surface area contributed by atoms with E-state index in [-0.39, 0.29) is 0 Å². The highest BCUT2D eigenvalue weighted by Gasteiger charge is 1.83. The van der Waals surface area contributed by atoms with Crippen LogP contribution < -0.4 is 0 Å². The van der Waals surface area contributed by atoms with Crippen molar-refractivity contribution in [3.63, 3.8) is 0 Å². The maximum absolute atomic E-state index is 5.50. The van der Waals surface area contributed by atoms with E-state index in [2.05, 4.69) is 19.1 Å². The summed E-state index contributed by atoms with van der Waals surface area (Å²) in [5, 5.41) is 0. The van der Waals surface area contributed by atoms with Gasteiger partial charge < -0.3 is 0 Å². The fourth-order valence-electron chi connectivity index (χ4n) is 0.700. The lowest BCUT2D eigenvalue weighted by molar-refractivity contribution is 0.732. The van der Waals surface area contributed by atoms with Gasteiger partial charge in [0.2, 0.25) is 0 Å². The fraction of sp³-hybridized carbons (Fsp3) is 0.750. The molecular weight excluding hydrogens is 132 g/mol. The Morgan fingerprint density at radius 2 is 2.00 bits per heavy atom. The van der Waals surface area contributed by atoms with Gasteiger partial charge >= 0.3 is 0 Å². The van der Waals surface area contributed by atoms with Crippen molar-refractivity contribution in [3.8, 4) is 0 Å². The van der Waals surface area contributed by atoms with Crippen molar-refractivity contribution < 1.29 is 0 Å². The number of hydrogen-bond donors (Lipinski definition) is 0. The maximum atomic E-state index is 5.50. The maximum Gasteiger partial charge on any atom is 0.0223 e. The summed E-state index contributed by atoms with van der Waals surface area (Å²) in [6, 6.07) is 0. The predicted molar refractivity (Wildman–Crippen MR) is 44.0 cm³/mol. The lowest BCUT2D eigenvalue weighted by atomic mass is 10.2. The summed E-state index contributed by atoms with van der Waals surface area (Å²) in [5.41, 5.74) is 0. The first-order chi connectivity index (χ1) is 4.41. The van der Waals surface area contributed by atoms with Crippen LogP contribution in [0.4, 0.5) is 0 Å². The highest BCUT2D eigenvalue weighted by atomic mass is 35.5. The van der Waals surface area contributed by atoms with Crippen LogP contribution in [0.2, 0.25) is 0 Å². The lowest BCUT2D eigenvalue weighted by Crippen LogP contribution is -1.75. The number of hydrogen-bond acceptors (Lipinski definition) is 0. The molecule has 0 saturated heterocycles. The van der Waals surface area contributed by atoms with Gasteiger partial charge in [-0.3, -0.25) is 0 Å². The second-order valence-corrected chi connectivity index (χ2v) is 2.49. The zero-order valence-corrected chi connectivity index (χ0v) is 6.82. The third-order valence-corrected chi connectivity index (χ3v) is 1.51. The van der Waals surface area contributed by atoms with Crippen LogP contribution in [0, 0.1) is 0 Å². The van der Waals surface area contributed by atoms with Crippen molar-refractivity contribution in [1.82, 2.24) is 0 Å². The molecule has 0 aliphatic heterocycles. The molecule has 0 spiro atoms. The van der Waals surface area contributed by atoms with Gasteiger partial charge in [-0.15, -0.1) is 11.6 Å². The molecule has 0 rings (SSSR count). The van der Waals surface area contributed by atoms with Crippen molar-refractivity contribution in [3.05, 3.63) is 12.2 Å². The second kappa shape index (κ2) is 8.03. The number of halogens is 1. The predicted octanol–water partition coefficient (Wildman–Crippen LogP) is 3.36. The number of alkyl halides is 1. The summed E-state index contributed by atoms with van der Waals surface area (Å²) >= 11 is 5.50. The van der Waals surface area contributed by atoms with Crippen LogP contribution in [-0.2, 0) is 0 Å². The molecule has 0 amide bonds. The summed E-state index contributed by atoms with van der Waals surface area (Å²) in [5.74, 6) is 0.815. The van der Waals surface area contributed by atoms with Crippen LogP contribution in [0.15, 0.2) is 12.2 Å². The first-order valence-electron chi connectivity index (χ1n) is 3.59. The van der Waals surface area contributed by atoms with Gasteiger partial charge in [0.25, 0.3) is 0 Å². The Morgan fingerprint density at radius 1 is 1.22 bits per heavy atom. The molecule has 0 aliphatic rings. The van der Waals surface area contributed by atoms with E-state index in [1.807, 2.05) is 0 Å². The van der Waals surface area contributed by atoms with Gasteiger partial charge in [0.15, 0.2) is 0 Å². The van der Waals surface area contributed by atoms with E-state index in [9.17, 15) is 0 Å². The van der Waals surface area contributed by atoms with Gasteiger partial charge in [-0.25, -0.2) is 0 Å². The molecule has 0 bridgehead atoms. The largest absolute Gasteiger partial charge is 0.127 e. The third kappa shape index (κ3) is 8.03. The molecule has 0 aliphatic carbocycles. The van der Waals surface area contributed by atoms with Crippen molar-refractivity contribution in [2.24, 2.45) is 0 Å². The molecule has 0 atom stereocenters. The van der Waals surface area contributed by atoms with Crippen molar-refractivity contribution in [2.75, 3.05) is 5.88 Å². The molecule has 9 heavy (non-hydrogen) atoms. The van der Waals surface area contributed by atoms with E-state index in [1.165, 1.54) is 25.7 Å². The van der Waals surface area contributed by atoms with Crippen LogP contribution in [0.5, 0.6) is 0 Å². The standard InChI is InChI=1S/C8H15Cl/c1-2-3-4-5-6-7-8-9/h2-3H,4-8H2,1H3. The van der Waals surface area contributed by atoms with Gasteiger partial charge in [0.1, 0.15) is 0 Å². The third-order valence-electron chi connectivity index (χ3n) is 1.24. The molecule has 0 nitrogen and oxygen atoms in total. The summed E-state index contributed by atoms with van der Waals surface area (Å²) in [7, 11) is 0. The van der Waals surface area contributed by atoms with Crippen LogP contribution in [-0.4, -0.2) is 5.88 Å². The monoisotopic (exact) mass is 146 g/mol. The molecule has 0 aromatic rings. The molecular formula is C8H15Cl. The highest BCUT2D eigenvalue weighted by molar-refractivity contribution is 6.17. The zero-order chi connectivity index (χ0) is 6.95. The van der Waals surface area contributed by atoms with Crippen molar-refractivity contribution >= 4 is 11.6 Å². The Balaban J connectivity index is 2.75. The van der Waals surface area contributed by atoms with E-state index in [1.54, 1.807) is 0 Å². The number of rotatable bonds is 5. The first-order valence-corrected chi connectivity index (χ1v) is 4.12. The number of allylic oxidation sites excluding steroid dienone is 2. The quantitative estimate of drug-likeness (QED) is 0.317. The molecule has 0 aromatic carbocycles. The van der Waals surface area contributed by atoms with Crippen molar-refractivity contribution in [1.29, 1.82) is 0 Å². The fourth-order valence-corrected chi connectivity index (χ4v) is 0.889. The Morgan fingerprint density at radius 3 is 2.56 bits per heavy atom. The van der Waals surface area contributed by atoms with E-state index in [0.717, 1.165) is 5.88 Å². The topological polar surface area (TPSA) is 0 Å². The van der Waals surface area contributed by atoms with Gasteiger partial charge in [0.05, 0.1) is 0 Å². The normalized spacial score (nSPS) is 10.9. The van der Waals surface area contributed by atoms with Crippen LogP contribution >= 0.6 is 11.6 Å². The molecule has 0 heterocycles. The minimum atomic E-state index is 0.815. The minimum Gasteiger partial charge on any atom is -0.127 e. The molecule has 0 unspecified atom stereocenters. The number of unbranched alkanes of at least 4 members (excludes halogenated alkanes) is 3. The van der Waals surface area contributed by atoms with Crippen molar-refractivity contribution in [2.45, 2.75) is 32.6 Å². The van der Waals surface area contributed by atoms with E-state index < -0.39 is 0 Å². The van der Waals surface area contributed by atoms with Gasteiger partial charge in [-0.1, -0.05) is 18.6 Å². The smallest absolute Gasteiger partial charge is 0.0223 e. The molecule has 0 saturated carbocycles. The van der Waals surface area contributed by atoms with E-state index in [4.69, 9.17) is 11.6 Å². The molecule has 1 heteroatoms.